The van der Waals surface area contributed by atoms with Crippen molar-refractivity contribution in [3.8, 4) is 0 Å². The smallest absolute Gasteiger partial charge is 0.341 e. The summed E-state index contributed by atoms with van der Waals surface area (Å²) < 4.78 is 0. The Labute approximate surface area is 113 Å². The van der Waals surface area contributed by atoms with Crippen molar-refractivity contribution in [2.24, 2.45) is 0 Å². The molecule has 0 radical (unpaired) electrons. The topological polar surface area (TPSA) is 70.2 Å². The number of aromatic carboxylic acids is 1. The average Bonchev–Trinajstić information content (AvgIpc) is 2.39. The highest BCUT2D eigenvalue weighted by molar-refractivity contribution is 5.87. The standard InChI is InChI=1S/C15H21NO3/c1-2-3-4-5-6-7-8-9-12-10-16-11-13(14(12)17)15(18)19/h2,10-11H,1,3-9H2,(H,16,17)(H,18,19). The van der Waals surface area contributed by atoms with Crippen LogP contribution in [0, 0.1) is 0 Å². The van der Waals surface area contributed by atoms with Gasteiger partial charge in [-0.15, -0.1) is 6.58 Å². The third-order valence-corrected chi connectivity index (χ3v) is 3.11. The minimum Gasteiger partial charge on any atom is -0.477 e. The number of rotatable bonds is 9. The Morgan fingerprint density at radius 3 is 2.58 bits per heavy atom. The van der Waals surface area contributed by atoms with E-state index in [2.05, 4.69) is 11.6 Å². The molecule has 0 aliphatic carbocycles. The number of hydrogen-bond acceptors (Lipinski definition) is 2. The predicted molar refractivity (Wildman–Crippen MR) is 75.6 cm³/mol. The van der Waals surface area contributed by atoms with E-state index in [1.165, 1.54) is 19.0 Å². The van der Waals surface area contributed by atoms with E-state index in [0.29, 0.717) is 12.0 Å². The van der Waals surface area contributed by atoms with Crippen LogP contribution in [0.5, 0.6) is 0 Å². The molecule has 1 rings (SSSR count). The molecule has 0 aromatic carbocycles. The zero-order valence-electron chi connectivity index (χ0n) is 11.2. The minimum atomic E-state index is -1.17. The van der Waals surface area contributed by atoms with Crippen LogP contribution in [0.2, 0.25) is 0 Å². The van der Waals surface area contributed by atoms with Crippen molar-refractivity contribution in [3.63, 3.8) is 0 Å². The number of aromatic amines is 1. The van der Waals surface area contributed by atoms with Crippen LogP contribution in [0.4, 0.5) is 0 Å². The van der Waals surface area contributed by atoms with Gasteiger partial charge in [-0.3, -0.25) is 4.79 Å². The molecule has 4 heteroatoms. The number of aromatic nitrogens is 1. The molecule has 0 amide bonds. The normalized spacial score (nSPS) is 10.3. The van der Waals surface area contributed by atoms with Crippen LogP contribution >= 0.6 is 0 Å². The van der Waals surface area contributed by atoms with Crippen molar-refractivity contribution >= 4 is 5.97 Å². The van der Waals surface area contributed by atoms with Gasteiger partial charge in [-0.1, -0.05) is 25.3 Å². The molecule has 104 valence electrons. The summed E-state index contributed by atoms with van der Waals surface area (Å²) in [5, 5.41) is 8.85. The van der Waals surface area contributed by atoms with Gasteiger partial charge < -0.3 is 10.1 Å². The maximum atomic E-state index is 11.8. The first-order valence-corrected chi connectivity index (χ1v) is 6.71. The molecule has 0 unspecified atom stereocenters. The molecule has 0 saturated carbocycles. The number of unbranched alkanes of at least 4 members (excludes halogenated alkanes) is 5. The van der Waals surface area contributed by atoms with Crippen LogP contribution in [0.25, 0.3) is 0 Å². The Morgan fingerprint density at radius 1 is 1.21 bits per heavy atom. The molecule has 0 aliphatic heterocycles. The fourth-order valence-corrected chi connectivity index (χ4v) is 2.01. The van der Waals surface area contributed by atoms with E-state index in [9.17, 15) is 9.59 Å². The van der Waals surface area contributed by atoms with Crippen LogP contribution in [0.1, 0.15) is 54.4 Å². The number of H-pyrrole nitrogens is 1. The molecular formula is C15H21NO3. The van der Waals surface area contributed by atoms with Gasteiger partial charge in [0, 0.05) is 18.0 Å². The van der Waals surface area contributed by atoms with Crippen molar-refractivity contribution in [1.82, 2.24) is 4.98 Å². The molecule has 0 saturated heterocycles. The Morgan fingerprint density at radius 2 is 1.89 bits per heavy atom. The zero-order valence-corrected chi connectivity index (χ0v) is 11.2. The molecule has 0 bridgehead atoms. The highest BCUT2D eigenvalue weighted by Crippen LogP contribution is 2.08. The minimum absolute atomic E-state index is 0.177. The first-order chi connectivity index (χ1) is 9.16. The van der Waals surface area contributed by atoms with Crippen molar-refractivity contribution in [3.05, 3.63) is 46.4 Å². The van der Waals surface area contributed by atoms with Gasteiger partial charge in [0.25, 0.3) is 0 Å². The molecule has 1 aromatic heterocycles. The number of carboxylic acid groups (broad SMARTS) is 1. The highest BCUT2D eigenvalue weighted by Gasteiger charge is 2.10. The lowest BCUT2D eigenvalue weighted by atomic mass is 10.0. The summed E-state index contributed by atoms with van der Waals surface area (Å²) in [4.78, 5) is 25.4. The Kier molecular flexibility index (Phi) is 6.64. The van der Waals surface area contributed by atoms with E-state index in [-0.39, 0.29) is 11.0 Å². The summed E-state index contributed by atoms with van der Waals surface area (Å²) in [6.07, 6.45) is 11.9. The first-order valence-electron chi connectivity index (χ1n) is 6.71. The van der Waals surface area contributed by atoms with Crippen molar-refractivity contribution < 1.29 is 9.90 Å². The Balaban J connectivity index is 2.38. The maximum Gasteiger partial charge on any atom is 0.341 e. The quantitative estimate of drug-likeness (QED) is 0.531. The van der Waals surface area contributed by atoms with Gasteiger partial charge in [0.15, 0.2) is 5.43 Å². The van der Waals surface area contributed by atoms with E-state index < -0.39 is 5.97 Å². The Hall–Kier alpha value is -1.84. The van der Waals surface area contributed by atoms with Crippen LogP contribution in [0.3, 0.4) is 0 Å². The average molecular weight is 263 g/mol. The van der Waals surface area contributed by atoms with E-state index in [0.717, 1.165) is 25.7 Å². The van der Waals surface area contributed by atoms with Gasteiger partial charge in [0.05, 0.1) is 0 Å². The molecular weight excluding hydrogens is 242 g/mol. The lowest BCUT2D eigenvalue weighted by Gasteiger charge is -2.02. The summed E-state index contributed by atoms with van der Waals surface area (Å²) >= 11 is 0. The molecule has 0 aliphatic rings. The Bertz CT molecular complexity index is 477. The number of aryl methyl sites for hydroxylation is 1. The number of carbonyl (C=O) groups is 1. The third-order valence-electron chi connectivity index (χ3n) is 3.11. The first kappa shape index (κ1) is 15.2. The molecule has 0 spiro atoms. The third kappa shape index (κ3) is 5.12. The largest absolute Gasteiger partial charge is 0.477 e. The maximum absolute atomic E-state index is 11.8. The summed E-state index contributed by atoms with van der Waals surface area (Å²) in [6.45, 7) is 3.68. The predicted octanol–water partition coefficient (Wildman–Crippen LogP) is 3.14. The van der Waals surface area contributed by atoms with Crippen LogP contribution < -0.4 is 5.43 Å². The summed E-state index contributed by atoms with van der Waals surface area (Å²) in [5.74, 6) is -1.17. The van der Waals surface area contributed by atoms with Gasteiger partial charge >= 0.3 is 5.97 Å². The summed E-state index contributed by atoms with van der Waals surface area (Å²) in [5.41, 5.74) is 0.0207. The van der Waals surface area contributed by atoms with Crippen LogP contribution in [-0.4, -0.2) is 16.1 Å². The molecule has 0 fully saturated rings. The van der Waals surface area contributed by atoms with Gasteiger partial charge in [-0.2, -0.15) is 0 Å². The molecule has 2 N–H and O–H groups in total. The summed E-state index contributed by atoms with van der Waals surface area (Å²) in [7, 11) is 0. The van der Waals surface area contributed by atoms with Crippen molar-refractivity contribution in [2.45, 2.75) is 44.9 Å². The van der Waals surface area contributed by atoms with Gasteiger partial charge in [0.2, 0.25) is 0 Å². The van der Waals surface area contributed by atoms with Gasteiger partial charge in [-0.05, 0) is 25.7 Å². The fourth-order valence-electron chi connectivity index (χ4n) is 2.01. The second-order valence-corrected chi connectivity index (χ2v) is 4.62. The molecule has 19 heavy (non-hydrogen) atoms. The van der Waals surface area contributed by atoms with Crippen LogP contribution in [-0.2, 0) is 6.42 Å². The second-order valence-electron chi connectivity index (χ2n) is 4.62. The van der Waals surface area contributed by atoms with Crippen molar-refractivity contribution in [1.29, 1.82) is 0 Å². The monoisotopic (exact) mass is 263 g/mol. The highest BCUT2D eigenvalue weighted by atomic mass is 16.4. The second kappa shape index (κ2) is 8.29. The van der Waals surface area contributed by atoms with E-state index in [1.54, 1.807) is 6.20 Å². The summed E-state index contributed by atoms with van der Waals surface area (Å²) in [6, 6.07) is 0. The van der Waals surface area contributed by atoms with E-state index in [1.807, 2.05) is 6.08 Å². The number of allylic oxidation sites excluding steroid dienone is 1. The zero-order chi connectivity index (χ0) is 14.1. The van der Waals surface area contributed by atoms with Crippen molar-refractivity contribution in [2.75, 3.05) is 0 Å². The van der Waals surface area contributed by atoms with E-state index in [4.69, 9.17) is 5.11 Å². The molecule has 0 atom stereocenters. The molecule has 1 heterocycles. The SMILES string of the molecule is C=CCCCCCCCc1c[nH]cc(C(=O)O)c1=O. The molecule has 4 nitrogen and oxygen atoms in total. The van der Waals surface area contributed by atoms with Gasteiger partial charge in [0.1, 0.15) is 5.56 Å². The lowest BCUT2D eigenvalue weighted by Crippen LogP contribution is -2.18. The van der Waals surface area contributed by atoms with E-state index >= 15 is 0 Å². The number of nitrogens with one attached hydrogen (secondary N) is 1. The number of carboxylic acids is 1. The van der Waals surface area contributed by atoms with Gasteiger partial charge in [-0.25, -0.2) is 4.79 Å². The molecule has 1 aromatic rings. The lowest BCUT2D eigenvalue weighted by molar-refractivity contribution is 0.0695. The number of hydrogen-bond donors (Lipinski definition) is 2. The van der Waals surface area contributed by atoms with Crippen LogP contribution in [0.15, 0.2) is 29.8 Å². The fraction of sp³-hybridized carbons (Fsp3) is 0.467. The number of pyridine rings is 1.